The van der Waals surface area contributed by atoms with E-state index in [1.807, 2.05) is 0 Å². The second-order valence-corrected chi connectivity index (χ2v) is 4.32. The van der Waals surface area contributed by atoms with Gasteiger partial charge in [-0.3, -0.25) is 35.2 Å². The lowest BCUT2D eigenvalue weighted by Crippen LogP contribution is -2.40. The molecule has 176 valence electrons. The van der Waals surface area contributed by atoms with Crippen LogP contribution in [0.3, 0.4) is 0 Å². The van der Waals surface area contributed by atoms with Crippen LogP contribution in [0.15, 0.2) is 0 Å². The fourth-order valence-electron chi connectivity index (χ4n) is 0.378. The van der Waals surface area contributed by atoms with Crippen molar-refractivity contribution < 1.29 is 64.8 Å². The molecule has 0 saturated carbocycles. The molecular formula is C14H32N2O13. The average molecular weight is 436 g/mol. The minimum absolute atomic E-state index is 0.0712. The zero-order valence-corrected chi connectivity index (χ0v) is 16.8. The topological polar surface area (TPSA) is 285 Å². The Bertz CT molecular complexity index is 340. The summed E-state index contributed by atoms with van der Waals surface area (Å²) in [5.41, 5.74) is 2.16. The monoisotopic (exact) mass is 436 g/mol. The van der Waals surface area contributed by atoms with Gasteiger partial charge in [0.2, 0.25) is 0 Å². The number of hydrazine groups is 1. The quantitative estimate of drug-likeness (QED) is 0.162. The standard InChI is InChI=1S/C4H12N2O3.5C2H4O2/c5-6-1-3(8)4(9)2-7;5*1-2(3)4/h3-4,6-9H,1-2,5H2;5*1H3,(H,3,4)/t3-,4+;;;;;/m0...../s1. The maximum Gasteiger partial charge on any atom is 0.300 e. The van der Waals surface area contributed by atoms with Crippen LogP contribution in [0.1, 0.15) is 34.6 Å². The van der Waals surface area contributed by atoms with Crippen LogP contribution in [0.25, 0.3) is 0 Å². The van der Waals surface area contributed by atoms with E-state index in [0.29, 0.717) is 0 Å². The summed E-state index contributed by atoms with van der Waals surface area (Å²) >= 11 is 0. The van der Waals surface area contributed by atoms with Crippen LogP contribution in [0.5, 0.6) is 0 Å². The van der Waals surface area contributed by atoms with Crippen LogP contribution in [0.4, 0.5) is 0 Å². The summed E-state index contributed by atoms with van der Waals surface area (Å²) in [5, 5.41) is 62.8. The van der Waals surface area contributed by atoms with Crippen molar-refractivity contribution in [3.8, 4) is 0 Å². The van der Waals surface area contributed by atoms with Gasteiger partial charge in [0.15, 0.2) is 0 Å². The molecule has 0 rings (SSSR count). The number of aliphatic hydroxyl groups excluding tert-OH is 3. The summed E-state index contributed by atoms with van der Waals surface area (Å²) in [6.07, 6.45) is -2.11. The third kappa shape index (κ3) is 356. The molecule has 2 atom stereocenters. The highest BCUT2D eigenvalue weighted by molar-refractivity contribution is 5.63. The minimum Gasteiger partial charge on any atom is -0.481 e. The van der Waals surface area contributed by atoms with Crippen molar-refractivity contribution in [2.45, 2.75) is 46.8 Å². The summed E-state index contributed by atoms with van der Waals surface area (Å²) < 4.78 is 0. The lowest BCUT2D eigenvalue weighted by molar-refractivity contribution is -0.135. The summed E-state index contributed by atoms with van der Waals surface area (Å²) in [4.78, 5) is 45.0. The highest BCUT2D eigenvalue weighted by atomic mass is 16.4. The van der Waals surface area contributed by atoms with E-state index in [1.165, 1.54) is 0 Å². The number of carboxylic acid groups (broad SMARTS) is 5. The van der Waals surface area contributed by atoms with Crippen molar-refractivity contribution in [1.29, 1.82) is 0 Å². The first-order chi connectivity index (χ1) is 12.9. The maximum absolute atomic E-state index is 9.00. The normalized spacial score (nSPS) is 9.69. The Morgan fingerprint density at radius 2 is 0.828 bits per heavy atom. The van der Waals surface area contributed by atoms with Crippen LogP contribution in [-0.4, -0.2) is 96.1 Å². The molecule has 0 aliphatic rings. The third-order valence-electron chi connectivity index (χ3n) is 0.958. The molecule has 0 saturated heterocycles. The lowest BCUT2D eigenvalue weighted by Gasteiger charge is -2.13. The number of hydrogen-bond donors (Lipinski definition) is 10. The third-order valence-corrected chi connectivity index (χ3v) is 0.958. The fourth-order valence-corrected chi connectivity index (χ4v) is 0.378. The highest BCUT2D eigenvalue weighted by Crippen LogP contribution is 1.88. The van der Waals surface area contributed by atoms with Gasteiger partial charge in [0.05, 0.1) is 12.7 Å². The molecule has 11 N–H and O–H groups in total. The second-order valence-electron chi connectivity index (χ2n) is 4.32. The maximum atomic E-state index is 9.00. The molecule has 15 nitrogen and oxygen atoms in total. The Kier molecular flexibility index (Phi) is 46.1. The van der Waals surface area contributed by atoms with Gasteiger partial charge in [-0.05, 0) is 0 Å². The van der Waals surface area contributed by atoms with Crippen molar-refractivity contribution in [2.24, 2.45) is 5.84 Å². The van der Waals surface area contributed by atoms with E-state index in [4.69, 9.17) is 70.7 Å². The predicted octanol–water partition coefficient (Wildman–Crippen LogP) is -2.38. The molecule has 0 fully saturated rings. The molecule has 0 unspecified atom stereocenters. The van der Waals surface area contributed by atoms with E-state index in [0.717, 1.165) is 34.6 Å². The molecule has 0 amide bonds. The number of carboxylic acids is 5. The van der Waals surface area contributed by atoms with Gasteiger partial charge in [-0.2, -0.15) is 0 Å². The van der Waals surface area contributed by atoms with Gasteiger partial charge < -0.3 is 40.9 Å². The number of hydrogen-bond acceptors (Lipinski definition) is 10. The fraction of sp³-hybridized carbons (Fsp3) is 0.643. The first-order valence-electron chi connectivity index (χ1n) is 7.26. The lowest BCUT2D eigenvalue weighted by atomic mass is 10.2. The smallest absolute Gasteiger partial charge is 0.300 e. The van der Waals surface area contributed by atoms with Crippen molar-refractivity contribution in [3.63, 3.8) is 0 Å². The van der Waals surface area contributed by atoms with Gasteiger partial charge >= 0.3 is 0 Å². The Balaban J connectivity index is -0.0000000575. The zero-order valence-electron chi connectivity index (χ0n) is 16.8. The molecule has 0 aromatic heterocycles. The summed E-state index contributed by atoms with van der Waals surface area (Å²) in [5.74, 6) is 0.653. The van der Waals surface area contributed by atoms with Crippen LogP contribution in [0.2, 0.25) is 0 Å². The number of nitrogens with two attached hydrogens (primary N) is 1. The van der Waals surface area contributed by atoms with Crippen LogP contribution < -0.4 is 11.3 Å². The molecule has 0 heterocycles. The van der Waals surface area contributed by atoms with E-state index < -0.39 is 48.7 Å². The van der Waals surface area contributed by atoms with Gasteiger partial charge in [0, 0.05) is 41.2 Å². The van der Waals surface area contributed by atoms with Gasteiger partial charge in [0.1, 0.15) is 6.10 Å². The van der Waals surface area contributed by atoms with Crippen LogP contribution in [0, 0.1) is 0 Å². The number of carbonyl (C=O) groups is 5. The first kappa shape index (κ1) is 40.7. The summed E-state index contributed by atoms with van der Waals surface area (Å²) in [7, 11) is 0. The largest absolute Gasteiger partial charge is 0.481 e. The van der Waals surface area contributed by atoms with Crippen LogP contribution in [-0.2, 0) is 24.0 Å². The van der Waals surface area contributed by atoms with Gasteiger partial charge in [-0.25, -0.2) is 0 Å². The molecular weight excluding hydrogens is 404 g/mol. The molecule has 15 heteroatoms. The molecule has 29 heavy (non-hydrogen) atoms. The average Bonchev–Trinajstić information content (AvgIpc) is 2.43. The van der Waals surface area contributed by atoms with Crippen molar-refractivity contribution >= 4 is 29.8 Å². The second kappa shape index (κ2) is 32.8. The molecule has 0 bridgehead atoms. The molecule has 0 aliphatic heterocycles. The van der Waals surface area contributed by atoms with Crippen molar-refractivity contribution in [2.75, 3.05) is 13.2 Å². The SMILES string of the molecule is CC(=O)O.CC(=O)O.CC(=O)O.CC(=O)O.CC(=O)O.NNC[C@H](O)[C@H](O)CO. The number of aliphatic carboxylic acids is 5. The molecule has 0 aromatic carbocycles. The van der Waals surface area contributed by atoms with Gasteiger partial charge in [-0.15, -0.1) is 0 Å². The number of aliphatic hydroxyl groups is 3. The Morgan fingerprint density at radius 1 is 0.655 bits per heavy atom. The van der Waals surface area contributed by atoms with Crippen molar-refractivity contribution in [1.82, 2.24) is 5.43 Å². The molecule has 0 aliphatic carbocycles. The first-order valence-corrected chi connectivity index (χ1v) is 7.26. The predicted molar refractivity (Wildman–Crippen MR) is 97.8 cm³/mol. The molecule has 0 spiro atoms. The summed E-state index contributed by atoms with van der Waals surface area (Å²) in [6, 6.07) is 0. The van der Waals surface area contributed by atoms with E-state index in [-0.39, 0.29) is 6.54 Å². The van der Waals surface area contributed by atoms with Crippen LogP contribution >= 0.6 is 0 Å². The van der Waals surface area contributed by atoms with E-state index in [1.54, 1.807) is 0 Å². The van der Waals surface area contributed by atoms with Gasteiger partial charge in [-0.1, -0.05) is 0 Å². The Hall–Kier alpha value is -2.85. The summed E-state index contributed by atoms with van der Waals surface area (Å²) in [6.45, 7) is 5.03. The minimum atomic E-state index is -1.11. The number of rotatable bonds is 4. The van der Waals surface area contributed by atoms with E-state index in [2.05, 4.69) is 5.43 Å². The Morgan fingerprint density at radius 3 is 0.931 bits per heavy atom. The van der Waals surface area contributed by atoms with Crippen molar-refractivity contribution in [3.05, 3.63) is 0 Å². The highest BCUT2D eigenvalue weighted by Gasteiger charge is 2.12. The molecule has 0 aromatic rings. The van der Waals surface area contributed by atoms with Gasteiger partial charge in [0.25, 0.3) is 29.8 Å². The molecule has 0 radical (unpaired) electrons. The van der Waals surface area contributed by atoms with E-state index >= 15 is 0 Å². The Labute approximate surface area is 167 Å². The number of nitrogens with one attached hydrogen (secondary N) is 1. The van der Waals surface area contributed by atoms with E-state index in [9.17, 15) is 0 Å². The zero-order chi connectivity index (χ0) is 25.2.